The van der Waals surface area contributed by atoms with Crippen molar-refractivity contribution in [1.82, 2.24) is 0 Å². The Bertz CT molecular complexity index is 401. The molecule has 16 heavy (non-hydrogen) atoms. The molecule has 1 aromatic rings. The van der Waals surface area contributed by atoms with E-state index in [1.165, 1.54) is 19.3 Å². The molecule has 0 bridgehead atoms. The van der Waals surface area contributed by atoms with Crippen molar-refractivity contribution in [3.63, 3.8) is 0 Å². The minimum atomic E-state index is -0.359. The van der Waals surface area contributed by atoms with Gasteiger partial charge in [0.2, 0.25) is 0 Å². The van der Waals surface area contributed by atoms with Gasteiger partial charge in [-0.3, -0.25) is 0 Å². The second kappa shape index (κ2) is 4.04. The molecule has 86 valence electrons. The van der Waals surface area contributed by atoms with Crippen molar-refractivity contribution in [2.45, 2.75) is 37.9 Å². The first-order valence-electron chi connectivity index (χ1n) is 5.88. The van der Waals surface area contributed by atoms with Crippen LogP contribution in [0.15, 0.2) is 22.7 Å². The molecule has 0 amide bonds. The van der Waals surface area contributed by atoms with Crippen molar-refractivity contribution in [3.05, 3.63) is 28.2 Å². The van der Waals surface area contributed by atoms with E-state index in [1.54, 1.807) is 0 Å². The van der Waals surface area contributed by atoms with Gasteiger partial charge < -0.3 is 9.84 Å². The summed E-state index contributed by atoms with van der Waals surface area (Å²) >= 11 is 3.44. The predicted octanol–water partition coefficient (Wildman–Crippen LogP) is 3.43. The van der Waals surface area contributed by atoms with Gasteiger partial charge in [-0.2, -0.15) is 0 Å². The first kappa shape index (κ1) is 10.6. The number of aliphatic hydroxyl groups is 1. The SMILES string of the molecule is O[C@@H]1CC(C2CCC2)Oc2cc(Br)ccc21. The van der Waals surface area contributed by atoms with Gasteiger partial charge in [-0.25, -0.2) is 0 Å². The molecule has 1 N–H and O–H groups in total. The van der Waals surface area contributed by atoms with Gasteiger partial charge in [0.25, 0.3) is 0 Å². The van der Waals surface area contributed by atoms with Crippen LogP contribution >= 0.6 is 15.9 Å². The summed E-state index contributed by atoms with van der Waals surface area (Å²) in [7, 11) is 0. The summed E-state index contributed by atoms with van der Waals surface area (Å²) in [6.07, 6.45) is 4.42. The minimum absolute atomic E-state index is 0.213. The zero-order chi connectivity index (χ0) is 11.1. The molecule has 1 heterocycles. The fourth-order valence-corrected chi connectivity index (χ4v) is 2.88. The monoisotopic (exact) mass is 282 g/mol. The molecule has 1 fully saturated rings. The molecule has 2 atom stereocenters. The van der Waals surface area contributed by atoms with Gasteiger partial charge >= 0.3 is 0 Å². The lowest BCUT2D eigenvalue weighted by molar-refractivity contribution is 0.0105. The Morgan fingerprint density at radius 1 is 1.31 bits per heavy atom. The van der Waals surface area contributed by atoms with Crippen molar-refractivity contribution < 1.29 is 9.84 Å². The summed E-state index contributed by atoms with van der Waals surface area (Å²) in [6, 6.07) is 5.86. The highest BCUT2D eigenvalue weighted by Gasteiger charge is 2.35. The smallest absolute Gasteiger partial charge is 0.126 e. The van der Waals surface area contributed by atoms with Crippen LogP contribution in [0.5, 0.6) is 5.75 Å². The molecule has 1 saturated carbocycles. The molecule has 0 aromatic heterocycles. The van der Waals surface area contributed by atoms with Gasteiger partial charge in [-0.15, -0.1) is 0 Å². The van der Waals surface area contributed by atoms with Crippen molar-refractivity contribution in [1.29, 1.82) is 0 Å². The van der Waals surface area contributed by atoms with Crippen LogP contribution in [0.2, 0.25) is 0 Å². The Hall–Kier alpha value is -0.540. The van der Waals surface area contributed by atoms with Crippen molar-refractivity contribution in [3.8, 4) is 5.75 Å². The Morgan fingerprint density at radius 2 is 2.12 bits per heavy atom. The molecule has 2 nitrogen and oxygen atoms in total. The zero-order valence-electron chi connectivity index (χ0n) is 9.03. The van der Waals surface area contributed by atoms with E-state index < -0.39 is 0 Å². The van der Waals surface area contributed by atoms with Gasteiger partial charge in [0.15, 0.2) is 0 Å². The average Bonchev–Trinajstić information content (AvgIpc) is 2.13. The fourth-order valence-electron chi connectivity index (χ4n) is 2.54. The van der Waals surface area contributed by atoms with Crippen LogP contribution in [0.3, 0.4) is 0 Å². The second-order valence-electron chi connectivity index (χ2n) is 4.78. The maximum atomic E-state index is 10.1. The number of rotatable bonds is 1. The van der Waals surface area contributed by atoms with Crippen LogP contribution in [0.1, 0.15) is 37.4 Å². The summed E-state index contributed by atoms with van der Waals surface area (Å²) in [5.41, 5.74) is 0.929. The van der Waals surface area contributed by atoms with Crippen LogP contribution in [-0.4, -0.2) is 11.2 Å². The van der Waals surface area contributed by atoms with Crippen LogP contribution < -0.4 is 4.74 Å². The third kappa shape index (κ3) is 1.76. The molecule has 1 aromatic carbocycles. The lowest BCUT2D eigenvalue weighted by atomic mass is 9.78. The number of hydrogen-bond acceptors (Lipinski definition) is 2. The molecule has 1 aliphatic carbocycles. The topological polar surface area (TPSA) is 29.5 Å². The normalized spacial score (nSPS) is 29.1. The second-order valence-corrected chi connectivity index (χ2v) is 5.70. The van der Waals surface area contributed by atoms with E-state index in [2.05, 4.69) is 15.9 Å². The summed E-state index contributed by atoms with van der Waals surface area (Å²) < 4.78 is 7.00. The standard InChI is InChI=1S/C13H15BrO2/c14-9-4-5-10-11(15)7-12(8-2-1-3-8)16-13(10)6-9/h4-6,8,11-12,15H,1-3,7H2/t11-,12?/m1/s1. The van der Waals surface area contributed by atoms with E-state index in [9.17, 15) is 5.11 Å². The molecule has 1 aliphatic heterocycles. The van der Waals surface area contributed by atoms with E-state index in [0.29, 0.717) is 5.92 Å². The van der Waals surface area contributed by atoms with E-state index in [1.807, 2.05) is 18.2 Å². The molecule has 0 radical (unpaired) electrons. The molecule has 0 spiro atoms. The number of benzene rings is 1. The molecular formula is C13H15BrO2. The summed E-state index contributed by atoms with van der Waals surface area (Å²) in [5.74, 6) is 1.51. The van der Waals surface area contributed by atoms with Crippen LogP contribution in [-0.2, 0) is 0 Å². The maximum absolute atomic E-state index is 10.1. The van der Waals surface area contributed by atoms with Gasteiger partial charge in [-0.05, 0) is 30.9 Å². The highest BCUT2D eigenvalue weighted by molar-refractivity contribution is 9.10. The first-order chi connectivity index (χ1) is 7.74. The van der Waals surface area contributed by atoms with Gasteiger partial charge in [0.05, 0.1) is 6.10 Å². The number of hydrogen-bond donors (Lipinski definition) is 1. The third-order valence-electron chi connectivity index (χ3n) is 3.74. The van der Waals surface area contributed by atoms with Crippen molar-refractivity contribution >= 4 is 15.9 Å². The van der Waals surface area contributed by atoms with Gasteiger partial charge in [0.1, 0.15) is 11.9 Å². The molecule has 0 saturated heterocycles. The van der Waals surface area contributed by atoms with Gasteiger partial charge in [0, 0.05) is 16.5 Å². The Balaban J connectivity index is 1.88. The maximum Gasteiger partial charge on any atom is 0.126 e. The van der Waals surface area contributed by atoms with E-state index >= 15 is 0 Å². The molecular weight excluding hydrogens is 268 g/mol. The zero-order valence-corrected chi connectivity index (χ0v) is 10.6. The predicted molar refractivity (Wildman–Crippen MR) is 65.5 cm³/mol. The largest absolute Gasteiger partial charge is 0.490 e. The number of halogens is 1. The van der Waals surface area contributed by atoms with E-state index in [0.717, 1.165) is 22.2 Å². The third-order valence-corrected chi connectivity index (χ3v) is 4.24. The Kier molecular flexibility index (Phi) is 2.68. The first-order valence-corrected chi connectivity index (χ1v) is 6.67. The highest BCUT2D eigenvalue weighted by Crippen LogP contribution is 2.42. The molecule has 3 heteroatoms. The van der Waals surface area contributed by atoms with Crippen LogP contribution in [0.25, 0.3) is 0 Å². The van der Waals surface area contributed by atoms with Crippen molar-refractivity contribution in [2.75, 3.05) is 0 Å². The number of ether oxygens (including phenoxy) is 1. The van der Waals surface area contributed by atoms with Crippen LogP contribution in [0.4, 0.5) is 0 Å². The fraction of sp³-hybridized carbons (Fsp3) is 0.538. The van der Waals surface area contributed by atoms with E-state index in [-0.39, 0.29) is 12.2 Å². The average molecular weight is 283 g/mol. The number of fused-ring (bicyclic) bond motifs is 1. The van der Waals surface area contributed by atoms with E-state index in [4.69, 9.17) is 4.74 Å². The Labute approximate surface area is 104 Å². The number of aliphatic hydroxyl groups excluding tert-OH is 1. The lowest BCUT2D eigenvalue weighted by Crippen LogP contribution is -2.36. The Morgan fingerprint density at radius 3 is 2.81 bits per heavy atom. The molecule has 3 rings (SSSR count). The lowest BCUT2D eigenvalue weighted by Gasteiger charge is -2.38. The van der Waals surface area contributed by atoms with Crippen molar-refractivity contribution in [2.24, 2.45) is 5.92 Å². The quantitative estimate of drug-likeness (QED) is 0.855. The van der Waals surface area contributed by atoms with Crippen LogP contribution in [0, 0.1) is 5.92 Å². The van der Waals surface area contributed by atoms with Gasteiger partial charge in [-0.1, -0.05) is 28.4 Å². The summed E-state index contributed by atoms with van der Waals surface area (Å²) in [6.45, 7) is 0. The summed E-state index contributed by atoms with van der Waals surface area (Å²) in [4.78, 5) is 0. The minimum Gasteiger partial charge on any atom is -0.490 e. The summed E-state index contributed by atoms with van der Waals surface area (Å²) in [5, 5.41) is 10.1. The molecule has 2 aliphatic rings. The molecule has 1 unspecified atom stereocenters. The highest BCUT2D eigenvalue weighted by atomic mass is 79.9.